The molecule has 1 aliphatic carbocycles. The van der Waals surface area contributed by atoms with E-state index in [0.29, 0.717) is 17.8 Å². The van der Waals surface area contributed by atoms with Crippen LogP contribution in [0.4, 0.5) is 0 Å². The number of hydrogen-bond acceptors (Lipinski definition) is 5. The van der Waals surface area contributed by atoms with Crippen LogP contribution in [0, 0.1) is 6.92 Å². The lowest BCUT2D eigenvalue weighted by Gasteiger charge is -2.01. The number of nitrogens with zero attached hydrogens (tertiary/aromatic N) is 3. The fourth-order valence-corrected chi connectivity index (χ4v) is 3.36. The van der Waals surface area contributed by atoms with Crippen molar-refractivity contribution in [3.8, 4) is 0 Å². The van der Waals surface area contributed by atoms with Crippen LogP contribution in [-0.4, -0.2) is 14.1 Å². The molecule has 5 nitrogen and oxygen atoms in total. The first-order valence-electron chi connectivity index (χ1n) is 6.64. The molecule has 0 bridgehead atoms. The van der Waals surface area contributed by atoms with Gasteiger partial charge in [0.1, 0.15) is 10.6 Å². The number of rotatable bonds is 3. The van der Waals surface area contributed by atoms with Crippen molar-refractivity contribution in [3.63, 3.8) is 0 Å². The van der Waals surface area contributed by atoms with Crippen LogP contribution in [0.25, 0.3) is 10.2 Å². The molecule has 3 aromatic heterocycles. The molecule has 4 rings (SSSR count). The van der Waals surface area contributed by atoms with Gasteiger partial charge >= 0.3 is 0 Å². The van der Waals surface area contributed by atoms with E-state index < -0.39 is 0 Å². The van der Waals surface area contributed by atoms with Gasteiger partial charge in [-0.3, -0.25) is 8.75 Å². The first-order valence-corrected chi connectivity index (χ1v) is 7.41. The molecule has 3 heterocycles. The average Bonchev–Trinajstić information content (AvgIpc) is 3.17. The maximum atomic E-state index is 12.3. The smallest absolute Gasteiger partial charge is 0.270 e. The third kappa shape index (κ3) is 1.79. The Labute approximate surface area is 119 Å². The van der Waals surface area contributed by atoms with E-state index in [1.165, 1.54) is 11.5 Å². The van der Waals surface area contributed by atoms with E-state index in [2.05, 4.69) is 10.1 Å². The van der Waals surface area contributed by atoms with Crippen molar-refractivity contribution < 1.29 is 4.52 Å². The predicted molar refractivity (Wildman–Crippen MR) is 76.2 cm³/mol. The van der Waals surface area contributed by atoms with Gasteiger partial charge in [0.25, 0.3) is 5.56 Å². The fourth-order valence-electron chi connectivity index (χ4n) is 2.42. The summed E-state index contributed by atoms with van der Waals surface area (Å²) >= 11 is 1.40. The molecule has 6 heteroatoms. The first kappa shape index (κ1) is 11.8. The van der Waals surface area contributed by atoms with Crippen molar-refractivity contribution in [1.29, 1.82) is 0 Å². The van der Waals surface area contributed by atoms with Crippen molar-refractivity contribution in [3.05, 3.63) is 45.7 Å². The molecule has 0 spiro atoms. The Balaban J connectivity index is 1.79. The summed E-state index contributed by atoms with van der Waals surface area (Å²) in [5.74, 6) is 1.45. The Kier molecular flexibility index (Phi) is 2.53. The maximum Gasteiger partial charge on any atom is 0.270 e. The van der Waals surface area contributed by atoms with Gasteiger partial charge in [-0.2, -0.15) is 0 Å². The van der Waals surface area contributed by atoms with Crippen LogP contribution in [0.5, 0.6) is 0 Å². The molecule has 0 radical (unpaired) electrons. The van der Waals surface area contributed by atoms with Crippen LogP contribution in [0.2, 0.25) is 0 Å². The highest BCUT2D eigenvalue weighted by Crippen LogP contribution is 2.42. The second-order valence-electron chi connectivity index (χ2n) is 5.17. The SMILES string of the molecule is Cc1noc(C2CC2)c1Cn1sc2ncccc2c1=O. The Bertz CT molecular complexity index is 842. The minimum absolute atomic E-state index is 0.0143. The molecule has 0 aromatic carbocycles. The predicted octanol–water partition coefficient (Wildman–Crippen LogP) is 2.68. The van der Waals surface area contributed by atoms with Crippen LogP contribution < -0.4 is 5.56 Å². The average molecular weight is 287 g/mol. The van der Waals surface area contributed by atoms with Gasteiger partial charge in [-0.05, 0) is 43.4 Å². The number of hydrogen-bond donors (Lipinski definition) is 0. The van der Waals surface area contributed by atoms with E-state index in [1.54, 1.807) is 16.2 Å². The molecule has 0 aliphatic heterocycles. The first-order chi connectivity index (χ1) is 9.74. The van der Waals surface area contributed by atoms with Gasteiger partial charge in [0.2, 0.25) is 0 Å². The molecule has 1 saturated carbocycles. The minimum Gasteiger partial charge on any atom is -0.360 e. The van der Waals surface area contributed by atoms with Gasteiger partial charge in [0, 0.05) is 17.7 Å². The molecule has 0 saturated heterocycles. The van der Waals surface area contributed by atoms with E-state index in [9.17, 15) is 4.79 Å². The van der Waals surface area contributed by atoms with Crippen LogP contribution in [0.15, 0.2) is 27.6 Å². The summed E-state index contributed by atoms with van der Waals surface area (Å²) in [6, 6.07) is 3.61. The summed E-state index contributed by atoms with van der Waals surface area (Å²) in [4.78, 5) is 17.4. The largest absolute Gasteiger partial charge is 0.360 e. The number of aromatic nitrogens is 3. The minimum atomic E-state index is 0.0143. The molecule has 20 heavy (non-hydrogen) atoms. The standard InChI is InChI=1S/C14H13N3O2S/c1-8-11(12(19-16-8)9-4-5-9)7-17-14(18)10-3-2-6-15-13(10)20-17/h2-3,6,9H,4-5,7H2,1H3. The van der Waals surface area contributed by atoms with E-state index in [0.717, 1.165) is 34.7 Å². The lowest BCUT2D eigenvalue weighted by molar-refractivity contribution is 0.379. The second kappa shape index (κ2) is 4.28. The highest BCUT2D eigenvalue weighted by molar-refractivity contribution is 7.13. The molecule has 1 aliphatic rings. The number of fused-ring (bicyclic) bond motifs is 1. The molecule has 0 atom stereocenters. The second-order valence-corrected chi connectivity index (χ2v) is 6.18. The zero-order valence-electron chi connectivity index (χ0n) is 11.0. The normalized spacial score (nSPS) is 15.1. The van der Waals surface area contributed by atoms with Gasteiger partial charge in [-0.25, -0.2) is 4.98 Å². The zero-order chi connectivity index (χ0) is 13.7. The summed E-state index contributed by atoms with van der Waals surface area (Å²) in [7, 11) is 0. The van der Waals surface area contributed by atoms with Crippen molar-refractivity contribution >= 4 is 21.7 Å². The zero-order valence-corrected chi connectivity index (χ0v) is 11.8. The molecular formula is C14H13N3O2S. The van der Waals surface area contributed by atoms with Gasteiger partial charge < -0.3 is 4.52 Å². The van der Waals surface area contributed by atoms with Crippen LogP contribution >= 0.6 is 11.5 Å². The van der Waals surface area contributed by atoms with Crippen LogP contribution in [0.3, 0.4) is 0 Å². The van der Waals surface area contributed by atoms with Crippen LogP contribution in [0.1, 0.15) is 35.8 Å². The highest BCUT2D eigenvalue weighted by atomic mass is 32.1. The fraction of sp³-hybridized carbons (Fsp3) is 0.357. The summed E-state index contributed by atoms with van der Waals surface area (Å²) in [5.41, 5.74) is 1.95. The Morgan fingerprint density at radius 1 is 1.50 bits per heavy atom. The number of aryl methyl sites for hydroxylation is 1. The lowest BCUT2D eigenvalue weighted by Crippen LogP contribution is -2.14. The summed E-state index contributed by atoms with van der Waals surface area (Å²) in [6.45, 7) is 2.46. The van der Waals surface area contributed by atoms with Gasteiger partial charge in [-0.15, -0.1) is 0 Å². The van der Waals surface area contributed by atoms with Crippen LogP contribution in [-0.2, 0) is 6.54 Å². The van der Waals surface area contributed by atoms with Gasteiger partial charge in [0.15, 0.2) is 0 Å². The molecular weight excluding hydrogens is 274 g/mol. The molecule has 102 valence electrons. The summed E-state index contributed by atoms with van der Waals surface area (Å²) in [6.07, 6.45) is 4.03. The van der Waals surface area contributed by atoms with E-state index in [4.69, 9.17) is 4.52 Å². The van der Waals surface area contributed by atoms with E-state index in [1.807, 2.05) is 13.0 Å². The van der Waals surface area contributed by atoms with Gasteiger partial charge in [-0.1, -0.05) is 5.16 Å². The quantitative estimate of drug-likeness (QED) is 0.743. The Morgan fingerprint density at radius 3 is 3.10 bits per heavy atom. The molecule has 1 fully saturated rings. The van der Waals surface area contributed by atoms with Crippen molar-refractivity contribution in [1.82, 2.24) is 14.1 Å². The third-order valence-electron chi connectivity index (χ3n) is 3.69. The molecule has 0 unspecified atom stereocenters. The Hall–Kier alpha value is -1.95. The van der Waals surface area contributed by atoms with Crippen molar-refractivity contribution in [2.45, 2.75) is 32.2 Å². The summed E-state index contributed by atoms with van der Waals surface area (Å²) < 4.78 is 7.17. The number of pyridine rings is 1. The topological polar surface area (TPSA) is 60.9 Å². The lowest BCUT2D eigenvalue weighted by atomic mass is 10.1. The monoisotopic (exact) mass is 287 g/mol. The molecule has 3 aromatic rings. The Morgan fingerprint density at radius 2 is 2.35 bits per heavy atom. The summed E-state index contributed by atoms with van der Waals surface area (Å²) in [5, 5.41) is 4.74. The van der Waals surface area contributed by atoms with Crippen molar-refractivity contribution in [2.75, 3.05) is 0 Å². The van der Waals surface area contributed by atoms with E-state index in [-0.39, 0.29) is 5.56 Å². The molecule has 0 amide bonds. The van der Waals surface area contributed by atoms with Crippen molar-refractivity contribution in [2.24, 2.45) is 0 Å². The van der Waals surface area contributed by atoms with E-state index >= 15 is 0 Å². The highest BCUT2D eigenvalue weighted by Gasteiger charge is 2.31. The molecule has 0 N–H and O–H groups in total. The van der Waals surface area contributed by atoms with Gasteiger partial charge in [0.05, 0.1) is 17.6 Å². The third-order valence-corrected chi connectivity index (χ3v) is 4.70. The maximum absolute atomic E-state index is 12.3.